The van der Waals surface area contributed by atoms with Gasteiger partial charge in [0.25, 0.3) is 11.5 Å². The molecule has 0 bridgehead atoms. The predicted molar refractivity (Wildman–Crippen MR) is 93.3 cm³/mol. The van der Waals surface area contributed by atoms with Gasteiger partial charge < -0.3 is 5.32 Å². The topological polar surface area (TPSA) is 64.0 Å². The first-order chi connectivity index (χ1) is 11.1. The maximum absolute atomic E-state index is 12.1. The van der Waals surface area contributed by atoms with Crippen LogP contribution in [-0.4, -0.2) is 28.0 Å². The Balaban J connectivity index is 1.83. The van der Waals surface area contributed by atoms with Crippen LogP contribution in [0.5, 0.6) is 0 Å². The van der Waals surface area contributed by atoms with Crippen LogP contribution in [0.1, 0.15) is 23.8 Å². The minimum absolute atomic E-state index is 0.193. The van der Waals surface area contributed by atoms with Gasteiger partial charge >= 0.3 is 0 Å². The average Bonchev–Trinajstić information content (AvgIpc) is 2.55. The zero-order valence-corrected chi connectivity index (χ0v) is 14.4. The standard InChI is InChI=1S/C16H18ClN3O2S/c1-2-10-20-15(21)8-7-14(19-20)16(22)18-9-11-23-13-5-3-12(17)4-6-13/h3-8H,2,9-11H2,1H3,(H,18,22). The van der Waals surface area contributed by atoms with E-state index >= 15 is 0 Å². The van der Waals surface area contributed by atoms with Gasteiger partial charge in [0, 0.05) is 34.8 Å². The fraction of sp³-hybridized carbons (Fsp3) is 0.312. The fourth-order valence-corrected chi connectivity index (χ4v) is 2.79. The molecule has 1 aromatic heterocycles. The summed E-state index contributed by atoms with van der Waals surface area (Å²) in [5, 5.41) is 7.59. The van der Waals surface area contributed by atoms with Gasteiger partial charge in [0.15, 0.2) is 0 Å². The molecule has 23 heavy (non-hydrogen) atoms. The van der Waals surface area contributed by atoms with Gasteiger partial charge in [-0.15, -0.1) is 11.8 Å². The normalized spacial score (nSPS) is 10.5. The number of nitrogens with zero attached hydrogens (tertiary/aromatic N) is 2. The molecule has 0 spiro atoms. The zero-order chi connectivity index (χ0) is 16.7. The van der Waals surface area contributed by atoms with E-state index < -0.39 is 0 Å². The molecule has 1 N–H and O–H groups in total. The molecule has 1 amide bonds. The van der Waals surface area contributed by atoms with Crippen molar-refractivity contribution in [2.75, 3.05) is 12.3 Å². The summed E-state index contributed by atoms with van der Waals surface area (Å²) >= 11 is 7.46. The van der Waals surface area contributed by atoms with Crippen LogP contribution in [0.2, 0.25) is 5.02 Å². The number of hydrogen-bond donors (Lipinski definition) is 1. The number of amides is 1. The number of nitrogens with one attached hydrogen (secondary N) is 1. The monoisotopic (exact) mass is 351 g/mol. The number of benzene rings is 1. The van der Waals surface area contributed by atoms with E-state index in [4.69, 9.17) is 11.6 Å². The zero-order valence-electron chi connectivity index (χ0n) is 12.8. The van der Waals surface area contributed by atoms with E-state index in [9.17, 15) is 9.59 Å². The number of aromatic nitrogens is 2. The molecule has 1 heterocycles. The lowest BCUT2D eigenvalue weighted by Gasteiger charge is -2.07. The molecule has 5 nitrogen and oxygen atoms in total. The van der Waals surface area contributed by atoms with Crippen LogP contribution in [0.4, 0.5) is 0 Å². The summed E-state index contributed by atoms with van der Waals surface area (Å²) < 4.78 is 1.32. The minimum Gasteiger partial charge on any atom is -0.350 e. The van der Waals surface area contributed by atoms with Crippen molar-refractivity contribution in [2.24, 2.45) is 0 Å². The molecule has 0 aliphatic rings. The Labute approximate surface area is 144 Å². The molecule has 0 saturated carbocycles. The van der Waals surface area contributed by atoms with Gasteiger partial charge in [-0.05, 0) is 36.8 Å². The van der Waals surface area contributed by atoms with E-state index in [1.807, 2.05) is 31.2 Å². The molecule has 7 heteroatoms. The highest BCUT2D eigenvalue weighted by Crippen LogP contribution is 2.19. The molecule has 0 atom stereocenters. The third-order valence-electron chi connectivity index (χ3n) is 3.00. The van der Waals surface area contributed by atoms with Crippen molar-refractivity contribution in [1.29, 1.82) is 0 Å². The Morgan fingerprint density at radius 2 is 2.00 bits per heavy atom. The van der Waals surface area contributed by atoms with Gasteiger partial charge in [0.2, 0.25) is 0 Å². The Morgan fingerprint density at radius 1 is 1.26 bits per heavy atom. The SMILES string of the molecule is CCCn1nc(C(=O)NCCSc2ccc(Cl)cc2)ccc1=O. The molecule has 0 unspecified atom stereocenters. The summed E-state index contributed by atoms with van der Waals surface area (Å²) in [5.74, 6) is 0.466. The van der Waals surface area contributed by atoms with Crippen molar-refractivity contribution in [3.63, 3.8) is 0 Å². The van der Waals surface area contributed by atoms with E-state index in [2.05, 4.69) is 10.4 Å². The second kappa shape index (κ2) is 8.74. The molecule has 0 saturated heterocycles. The van der Waals surface area contributed by atoms with Crippen LogP contribution in [0, 0.1) is 0 Å². The summed E-state index contributed by atoms with van der Waals surface area (Å²) in [5.41, 5.74) is 0.0660. The second-order valence-electron chi connectivity index (χ2n) is 4.84. The largest absolute Gasteiger partial charge is 0.350 e. The van der Waals surface area contributed by atoms with Crippen molar-refractivity contribution in [3.8, 4) is 0 Å². The van der Waals surface area contributed by atoms with E-state index in [-0.39, 0.29) is 17.2 Å². The molecule has 0 aliphatic carbocycles. The average molecular weight is 352 g/mol. The van der Waals surface area contributed by atoms with Crippen LogP contribution < -0.4 is 10.9 Å². The highest BCUT2D eigenvalue weighted by atomic mass is 35.5. The summed E-state index contributed by atoms with van der Waals surface area (Å²) in [6.07, 6.45) is 0.787. The number of aryl methyl sites for hydroxylation is 1. The first kappa shape index (κ1) is 17.6. The Kier molecular flexibility index (Phi) is 6.67. The number of halogens is 1. The van der Waals surface area contributed by atoms with Gasteiger partial charge in [0.1, 0.15) is 5.69 Å². The number of carbonyl (C=O) groups excluding carboxylic acids is 1. The molecule has 2 aromatic rings. The van der Waals surface area contributed by atoms with E-state index in [1.165, 1.54) is 16.8 Å². The number of thioether (sulfide) groups is 1. The molecule has 0 radical (unpaired) electrons. The maximum Gasteiger partial charge on any atom is 0.271 e. The first-order valence-corrected chi connectivity index (χ1v) is 8.71. The molecule has 122 valence electrons. The number of hydrogen-bond acceptors (Lipinski definition) is 4. The minimum atomic E-state index is -0.272. The third-order valence-corrected chi connectivity index (χ3v) is 4.27. The molecular formula is C16H18ClN3O2S. The molecular weight excluding hydrogens is 334 g/mol. The molecule has 0 aliphatic heterocycles. The smallest absolute Gasteiger partial charge is 0.271 e. The highest BCUT2D eigenvalue weighted by molar-refractivity contribution is 7.99. The molecule has 1 aromatic carbocycles. The summed E-state index contributed by atoms with van der Waals surface area (Å²) in [6, 6.07) is 10.4. The lowest BCUT2D eigenvalue weighted by Crippen LogP contribution is -2.30. The van der Waals surface area contributed by atoms with Crippen LogP contribution in [0.3, 0.4) is 0 Å². The Morgan fingerprint density at radius 3 is 2.70 bits per heavy atom. The number of rotatable bonds is 7. The second-order valence-corrected chi connectivity index (χ2v) is 6.44. The first-order valence-electron chi connectivity index (χ1n) is 7.35. The lowest BCUT2D eigenvalue weighted by molar-refractivity contribution is 0.0948. The molecule has 2 rings (SSSR count). The van der Waals surface area contributed by atoms with Crippen molar-refractivity contribution in [2.45, 2.75) is 24.8 Å². The van der Waals surface area contributed by atoms with Gasteiger partial charge in [0.05, 0.1) is 0 Å². The maximum atomic E-state index is 12.1. The summed E-state index contributed by atoms with van der Waals surface area (Å²) in [7, 11) is 0. The summed E-state index contributed by atoms with van der Waals surface area (Å²) in [6.45, 7) is 2.97. The van der Waals surface area contributed by atoms with Gasteiger partial charge in [-0.3, -0.25) is 9.59 Å². The predicted octanol–water partition coefficient (Wildman–Crippen LogP) is 2.83. The van der Waals surface area contributed by atoms with Crippen LogP contribution in [0.15, 0.2) is 46.1 Å². The van der Waals surface area contributed by atoms with E-state index in [0.717, 1.165) is 17.1 Å². The number of carbonyl (C=O) groups is 1. The van der Waals surface area contributed by atoms with Crippen molar-refractivity contribution >= 4 is 29.3 Å². The van der Waals surface area contributed by atoms with Crippen molar-refractivity contribution < 1.29 is 4.79 Å². The van der Waals surface area contributed by atoms with Crippen LogP contribution in [-0.2, 0) is 6.54 Å². The van der Waals surface area contributed by atoms with E-state index in [1.54, 1.807) is 11.8 Å². The quantitative estimate of drug-likeness (QED) is 0.615. The van der Waals surface area contributed by atoms with Crippen molar-refractivity contribution in [1.82, 2.24) is 15.1 Å². The van der Waals surface area contributed by atoms with Crippen LogP contribution in [0.25, 0.3) is 0 Å². The Hall–Kier alpha value is -1.79. The third kappa shape index (κ3) is 5.41. The van der Waals surface area contributed by atoms with E-state index in [0.29, 0.717) is 18.1 Å². The van der Waals surface area contributed by atoms with Gasteiger partial charge in [-0.2, -0.15) is 5.10 Å². The van der Waals surface area contributed by atoms with Gasteiger partial charge in [-0.25, -0.2) is 4.68 Å². The highest BCUT2D eigenvalue weighted by Gasteiger charge is 2.08. The van der Waals surface area contributed by atoms with Crippen molar-refractivity contribution in [3.05, 3.63) is 57.5 Å². The van der Waals surface area contributed by atoms with Gasteiger partial charge in [-0.1, -0.05) is 18.5 Å². The Bertz CT molecular complexity index is 716. The fourth-order valence-electron chi connectivity index (χ4n) is 1.90. The lowest BCUT2D eigenvalue weighted by atomic mass is 10.3. The van der Waals surface area contributed by atoms with Crippen LogP contribution >= 0.6 is 23.4 Å². The molecule has 0 fully saturated rings. The summed E-state index contributed by atoms with van der Waals surface area (Å²) in [4.78, 5) is 24.7.